The van der Waals surface area contributed by atoms with E-state index in [1.807, 2.05) is 19.1 Å². The molecule has 0 unspecified atom stereocenters. The van der Waals surface area contributed by atoms with Gasteiger partial charge in [0.25, 0.3) is 0 Å². The maximum Gasteiger partial charge on any atom is 0.192 e. The van der Waals surface area contributed by atoms with Crippen LogP contribution >= 0.6 is 0 Å². The monoisotopic (exact) mass is 255 g/mol. The zero-order valence-electron chi connectivity index (χ0n) is 11.1. The van der Waals surface area contributed by atoms with E-state index in [4.69, 9.17) is 9.68 Å². The van der Waals surface area contributed by atoms with Gasteiger partial charge in [-0.2, -0.15) is 5.26 Å². The third-order valence-corrected chi connectivity index (χ3v) is 3.70. The van der Waals surface area contributed by atoms with Crippen molar-refractivity contribution >= 4 is 11.1 Å². The summed E-state index contributed by atoms with van der Waals surface area (Å²) in [6.45, 7) is 3.56. The van der Waals surface area contributed by atoms with Gasteiger partial charge >= 0.3 is 0 Å². The van der Waals surface area contributed by atoms with Crippen molar-refractivity contribution in [2.75, 3.05) is 13.1 Å². The van der Waals surface area contributed by atoms with Gasteiger partial charge in [-0.3, -0.25) is 0 Å². The number of hydrogen-bond donors (Lipinski definition) is 1. The Morgan fingerprint density at radius 3 is 3.05 bits per heavy atom. The smallest absolute Gasteiger partial charge is 0.192 e. The zero-order valence-corrected chi connectivity index (χ0v) is 11.1. The molecule has 1 aromatic carbocycles. The number of nitrogens with one attached hydrogen (secondary N) is 1. The molecule has 1 N–H and O–H groups in total. The van der Waals surface area contributed by atoms with Gasteiger partial charge in [0, 0.05) is 13.5 Å². The molecule has 0 saturated heterocycles. The first-order valence-corrected chi connectivity index (χ1v) is 6.69. The maximum absolute atomic E-state index is 8.98. The Kier molecular flexibility index (Phi) is 3.00. The predicted octanol–water partition coefficient (Wildman–Crippen LogP) is 2.57. The molecule has 0 bridgehead atoms. The van der Waals surface area contributed by atoms with Gasteiger partial charge in [0.05, 0.1) is 11.5 Å². The minimum Gasteiger partial charge on any atom is -0.441 e. The first-order chi connectivity index (χ1) is 9.21. The molecule has 1 aliphatic carbocycles. The summed E-state index contributed by atoms with van der Waals surface area (Å²) < 4.78 is 5.52. The molecule has 0 amide bonds. The summed E-state index contributed by atoms with van der Waals surface area (Å²) in [5.41, 5.74) is 2.94. The Morgan fingerprint density at radius 1 is 1.47 bits per heavy atom. The highest BCUT2D eigenvalue weighted by atomic mass is 16.3. The van der Waals surface area contributed by atoms with Crippen LogP contribution in [0.5, 0.6) is 0 Å². The lowest BCUT2D eigenvalue weighted by molar-refractivity contribution is 0.556. The van der Waals surface area contributed by atoms with Crippen LogP contribution in [-0.4, -0.2) is 18.1 Å². The topological polar surface area (TPSA) is 61.9 Å². The molecule has 1 aliphatic rings. The summed E-state index contributed by atoms with van der Waals surface area (Å²) >= 11 is 0. The van der Waals surface area contributed by atoms with Crippen molar-refractivity contribution in [2.24, 2.45) is 5.41 Å². The molecule has 0 radical (unpaired) electrons. The third-order valence-electron chi connectivity index (χ3n) is 3.70. The van der Waals surface area contributed by atoms with Crippen LogP contribution < -0.4 is 5.32 Å². The van der Waals surface area contributed by atoms with E-state index in [2.05, 4.69) is 22.4 Å². The highest BCUT2D eigenvalue weighted by Crippen LogP contribution is 2.43. The van der Waals surface area contributed by atoms with Crippen molar-refractivity contribution in [2.45, 2.75) is 26.2 Å². The van der Waals surface area contributed by atoms with E-state index < -0.39 is 0 Å². The maximum atomic E-state index is 8.98. The van der Waals surface area contributed by atoms with Gasteiger partial charge in [-0.15, -0.1) is 0 Å². The molecule has 4 heteroatoms. The van der Waals surface area contributed by atoms with E-state index >= 15 is 0 Å². The number of rotatable bonds is 5. The number of benzene rings is 1. The molecule has 1 aromatic heterocycles. The quantitative estimate of drug-likeness (QED) is 0.834. The van der Waals surface area contributed by atoms with Crippen molar-refractivity contribution in [3.63, 3.8) is 0 Å². The number of nitriles is 1. The Balaban J connectivity index is 1.55. The van der Waals surface area contributed by atoms with E-state index in [1.165, 1.54) is 5.56 Å². The zero-order chi connectivity index (χ0) is 13.3. The number of fused-ring (bicyclic) bond motifs is 1. The molecule has 4 nitrogen and oxygen atoms in total. The van der Waals surface area contributed by atoms with Crippen molar-refractivity contribution in [3.05, 3.63) is 29.7 Å². The number of nitrogens with zero attached hydrogens (tertiary/aromatic N) is 2. The predicted molar refractivity (Wildman–Crippen MR) is 72.6 cm³/mol. The van der Waals surface area contributed by atoms with Crippen LogP contribution in [-0.2, 0) is 6.42 Å². The normalized spacial score (nSPS) is 16.4. The fourth-order valence-electron chi connectivity index (χ4n) is 2.28. The molecule has 0 aliphatic heterocycles. The lowest BCUT2D eigenvalue weighted by Gasteiger charge is -2.07. The molecule has 3 rings (SSSR count). The van der Waals surface area contributed by atoms with E-state index in [0.29, 0.717) is 5.89 Å². The fraction of sp³-hybridized carbons (Fsp3) is 0.467. The van der Waals surface area contributed by atoms with Crippen LogP contribution in [0.25, 0.3) is 11.1 Å². The molecule has 2 aromatic rings. The first kappa shape index (κ1) is 12.2. The summed E-state index contributed by atoms with van der Waals surface area (Å²) in [4.78, 5) is 4.28. The van der Waals surface area contributed by atoms with Gasteiger partial charge in [-0.05, 0) is 43.5 Å². The molecule has 98 valence electrons. The van der Waals surface area contributed by atoms with Crippen LogP contribution in [0.4, 0.5) is 0 Å². The van der Waals surface area contributed by atoms with Crippen LogP contribution in [0.1, 0.15) is 24.3 Å². The van der Waals surface area contributed by atoms with Crippen LogP contribution in [0.2, 0.25) is 0 Å². The number of aryl methyl sites for hydroxylation is 1. The Morgan fingerprint density at radius 2 is 2.32 bits per heavy atom. The Hall–Kier alpha value is -1.86. The minimum atomic E-state index is -0.0635. The Bertz CT molecular complexity index is 634. The van der Waals surface area contributed by atoms with E-state index in [1.54, 1.807) is 0 Å². The van der Waals surface area contributed by atoms with Crippen molar-refractivity contribution in [1.82, 2.24) is 10.3 Å². The second-order valence-corrected chi connectivity index (χ2v) is 5.35. The summed E-state index contributed by atoms with van der Waals surface area (Å²) in [6.07, 6.45) is 3.02. The number of aromatic nitrogens is 1. The average Bonchev–Trinajstić information content (AvgIpc) is 3.09. The number of oxazole rings is 1. The van der Waals surface area contributed by atoms with Crippen LogP contribution in [0.3, 0.4) is 0 Å². The molecular formula is C15H17N3O. The highest BCUT2D eigenvalue weighted by Gasteiger charge is 2.42. The van der Waals surface area contributed by atoms with Crippen molar-refractivity contribution < 1.29 is 4.42 Å². The average molecular weight is 255 g/mol. The summed E-state index contributed by atoms with van der Waals surface area (Å²) in [6, 6.07) is 8.53. The molecule has 19 heavy (non-hydrogen) atoms. The molecule has 1 saturated carbocycles. The Labute approximate surface area is 112 Å². The fourth-order valence-corrected chi connectivity index (χ4v) is 2.28. The SMILES string of the molecule is Cc1nc2ccc(CCNCC3(C#N)CC3)cc2o1. The van der Waals surface area contributed by atoms with Gasteiger partial charge < -0.3 is 9.73 Å². The standard InChI is InChI=1S/C15H17N3O/c1-11-18-13-3-2-12(8-14(13)19-11)4-7-17-10-15(9-16)5-6-15/h2-3,8,17H,4-7,10H2,1H3. The molecule has 0 atom stereocenters. The lowest BCUT2D eigenvalue weighted by atomic mass is 10.1. The minimum absolute atomic E-state index is 0.0635. The summed E-state index contributed by atoms with van der Waals surface area (Å²) in [5.74, 6) is 0.704. The van der Waals surface area contributed by atoms with Gasteiger partial charge in [0.2, 0.25) is 0 Å². The lowest BCUT2D eigenvalue weighted by Crippen LogP contribution is -2.25. The number of hydrogen-bond acceptors (Lipinski definition) is 4. The molecule has 0 spiro atoms. The molecule has 1 fully saturated rings. The van der Waals surface area contributed by atoms with Crippen LogP contribution in [0, 0.1) is 23.7 Å². The van der Waals surface area contributed by atoms with E-state index in [-0.39, 0.29) is 5.41 Å². The van der Waals surface area contributed by atoms with Crippen LogP contribution in [0.15, 0.2) is 22.6 Å². The van der Waals surface area contributed by atoms with Gasteiger partial charge in [-0.1, -0.05) is 6.07 Å². The van der Waals surface area contributed by atoms with E-state index in [0.717, 1.165) is 43.5 Å². The van der Waals surface area contributed by atoms with Gasteiger partial charge in [0.1, 0.15) is 5.52 Å². The van der Waals surface area contributed by atoms with Gasteiger partial charge in [0.15, 0.2) is 11.5 Å². The second kappa shape index (κ2) is 4.67. The molecular weight excluding hydrogens is 238 g/mol. The first-order valence-electron chi connectivity index (χ1n) is 6.69. The van der Waals surface area contributed by atoms with Crippen molar-refractivity contribution in [3.8, 4) is 6.07 Å². The highest BCUT2D eigenvalue weighted by molar-refractivity contribution is 5.73. The largest absolute Gasteiger partial charge is 0.441 e. The van der Waals surface area contributed by atoms with Crippen molar-refractivity contribution in [1.29, 1.82) is 5.26 Å². The third kappa shape index (κ3) is 2.61. The molecule has 1 heterocycles. The van der Waals surface area contributed by atoms with E-state index in [9.17, 15) is 0 Å². The summed E-state index contributed by atoms with van der Waals surface area (Å²) in [7, 11) is 0. The second-order valence-electron chi connectivity index (χ2n) is 5.35. The van der Waals surface area contributed by atoms with Gasteiger partial charge in [-0.25, -0.2) is 4.98 Å². The summed E-state index contributed by atoms with van der Waals surface area (Å²) in [5, 5.41) is 12.4.